The van der Waals surface area contributed by atoms with E-state index < -0.39 is 0 Å². The molecule has 2 aromatic rings. The molecule has 3 nitrogen and oxygen atoms in total. The van der Waals surface area contributed by atoms with Gasteiger partial charge in [-0.15, -0.1) is 0 Å². The van der Waals surface area contributed by atoms with Crippen molar-refractivity contribution in [3.8, 4) is 5.75 Å². The van der Waals surface area contributed by atoms with Crippen LogP contribution in [0, 0.1) is 0 Å². The molecule has 0 spiro atoms. The molecule has 1 aliphatic heterocycles. The van der Waals surface area contributed by atoms with Crippen molar-refractivity contribution in [2.24, 2.45) is 0 Å². The predicted molar refractivity (Wildman–Crippen MR) is 84.1 cm³/mol. The highest BCUT2D eigenvalue weighted by molar-refractivity contribution is 6.30. The van der Waals surface area contributed by atoms with Gasteiger partial charge in [0.2, 0.25) is 0 Å². The largest absolute Gasteiger partial charge is 0.467 e. The third-order valence-corrected chi connectivity index (χ3v) is 4.67. The van der Waals surface area contributed by atoms with Crippen LogP contribution in [0.2, 0.25) is 5.02 Å². The minimum absolute atomic E-state index is 0.316. The number of halogens is 1. The Labute approximate surface area is 135 Å². The predicted octanol–water partition coefficient (Wildman–Crippen LogP) is 3.42. The molecule has 0 saturated heterocycles. The Kier molecular flexibility index (Phi) is 3.77. The van der Waals surface area contributed by atoms with Crippen LogP contribution in [0.4, 0.5) is 0 Å². The molecule has 0 N–H and O–H groups in total. The highest BCUT2D eigenvalue weighted by Gasteiger charge is 2.20. The van der Waals surface area contributed by atoms with Crippen LogP contribution in [0.1, 0.15) is 35.1 Å². The van der Waals surface area contributed by atoms with E-state index in [0.717, 1.165) is 28.4 Å². The van der Waals surface area contributed by atoms with Gasteiger partial charge in [-0.2, -0.15) is 0 Å². The summed E-state index contributed by atoms with van der Waals surface area (Å²) in [5.41, 5.74) is 5.13. The fraction of sp³-hybridized carbons (Fsp3) is 0.389. The lowest BCUT2D eigenvalue weighted by Gasteiger charge is -2.20. The summed E-state index contributed by atoms with van der Waals surface area (Å²) >= 11 is 6.24. The minimum Gasteiger partial charge on any atom is -0.467 e. The summed E-state index contributed by atoms with van der Waals surface area (Å²) in [7, 11) is 0. The lowest BCUT2D eigenvalue weighted by atomic mass is 9.93. The van der Waals surface area contributed by atoms with Gasteiger partial charge >= 0.3 is 0 Å². The molecule has 1 aliphatic carbocycles. The van der Waals surface area contributed by atoms with Crippen molar-refractivity contribution in [2.75, 3.05) is 6.79 Å². The average Bonchev–Trinajstić information content (AvgIpc) is 2.54. The first kappa shape index (κ1) is 14.0. The molecule has 114 valence electrons. The molecular weight excluding hydrogens is 298 g/mol. The molecule has 0 fully saturated rings. The topological polar surface area (TPSA) is 22.3 Å². The molecule has 0 unspecified atom stereocenters. The summed E-state index contributed by atoms with van der Waals surface area (Å²) in [6, 6.07) is 6.19. The third-order valence-electron chi connectivity index (χ3n) is 4.45. The second kappa shape index (κ2) is 5.90. The van der Waals surface area contributed by atoms with Crippen LogP contribution in [0.5, 0.6) is 5.75 Å². The van der Waals surface area contributed by atoms with E-state index in [0.29, 0.717) is 13.4 Å². The van der Waals surface area contributed by atoms with Crippen molar-refractivity contribution < 1.29 is 14.0 Å². The summed E-state index contributed by atoms with van der Waals surface area (Å²) in [6.45, 7) is 1.66. The number of benzene rings is 1. The maximum atomic E-state index is 6.24. The molecule has 2 aliphatic rings. The van der Waals surface area contributed by atoms with E-state index in [-0.39, 0.29) is 0 Å². The van der Waals surface area contributed by atoms with Crippen molar-refractivity contribution in [1.82, 2.24) is 0 Å². The fourth-order valence-corrected chi connectivity index (χ4v) is 3.65. The van der Waals surface area contributed by atoms with Crippen LogP contribution in [0.25, 0.3) is 0 Å². The first-order valence-electron chi connectivity index (χ1n) is 7.82. The van der Waals surface area contributed by atoms with Crippen LogP contribution in [0.3, 0.4) is 0 Å². The Morgan fingerprint density at radius 1 is 1.09 bits per heavy atom. The smallest absolute Gasteiger partial charge is 0.189 e. The van der Waals surface area contributed by atoms with Gasteiger partial charge in [-0.05, 0) is 43.4 Å². The Morgan fingerprint density at radius 3 is 2.86 bits per heavy atom. The van der Waals surface area contributed by atoms with Crippen molar-refractivity contribution in [3.63, 3.8) is 0 Å². The lowest BCUT2D eigenvalue weighted by molar-refractivity contribution is -0.688. The molecule has 0 bridgehead atoms. The third kappa shape index (κ3) is 2.71. The molecule has 0 saturated carbocycles. The molecule has 22 heavy (non-hydrogen) atoms. The Balaban J connectivity index is 1.67. The van der Waals surface area contributed by atoms with E-state index in [1.807, 2.05) is 12.1 Å². The summed E-state index contributed by atoms with van der Waals surface area (Å²) < 4.78 is 13.3. The van der Waals surface area contributed by atoms with Crippen LogP contribution in [-0.4, -0.2) is 6.79 Å². The number of ether oxygens (including phenoxy) is 2. The maximum Gasteiger partial charge on any atom is 0.189 e. The SMILES string of the molecule is Clc1cc2c(c(C[n+]3ccc4c(c3)CCCC4)c1)OCOC2. The van der Waals surface area contributed by atoms with E-state index in [9.17, 15) is 0 Å². The molecule has 1 aromatic carbocycles. The quantitative estimate of drug-likeness (QED) is 0.792. The molecule has 0 amide bonds. The second-order valence-electron chi connectivity index (χ2n) is 6.04. The van der Waals surface area contributed by atoms with E-state index >= 15 is 0 Å². The van der Waals surface area contributed by atoms with E-state index in [2.05, 4.69) is 23.0 Å². The molecule has 2 heterocycles. The number of hydrogen-bond acceptors (Lipinski definition) is 2. The van der Waals surface area contributed by atoms with E-state index in [1.54, 1.807) is 0 Å². The maximum absolute atomic E-state index is 6.24. The number of fused-ring (bicyclic) bond motifs is 2. The average molecular weight is 317 g/mol. The number of aromatic nitrogens is 1. The monoisotopic (exact) mass is 316 g/mol. The number of pyridine rings is 1. The number of nitrogens with zero attached hydrogens (tertiary/aromatic N) is 1. The van der Waals surface area contributed by atoms with Crippen LogP contribution in [0.15, 0.2) is 30.6 Å². The van der Waals surface area contributed by atoms with Gasteiger partial charge in [0.05, 0.1) is 12.2 Å². The van der Waals surface area contributed by atoms with Gasteiger partial charge in [0.15, 0.2) is 25.7 Å². The zero-order valence-corrected chi connectivity index (χ0v) is 13.2. The van der Waals surface area contributed by atoms with Crippen molar-refractivity contribution >= 4 is 11.6 Å². The highest BCUT2D eigenvalue weighted by atomic mass is 35.5. The zero-order chi connectivity index (χ0) is 14.9. The summed E-state index contributed by atoms with van der Waals surface area (Å²) in [6.07, 6.45) is 9.45. The van der Waals surface area contributed by atoms with E-state index in [4.69, 9.17) is 21.1 Å². The standard InChI is InChI=1S/C18H19ClNO2/c19-17-7-15(18-16(8-17)11-21-12-22-18)10-20-6-5-13-3-1-2-4-14(13)9-20/h5-9H,1-4,10-12H2/q+1. The van der Waals surface area contributed by atoms with Gasteiger partial charge < -0.3 is 9.47 Å². The Bertz CT molecular complexity index is 714. The molecule has 4 heteroatoms. The number of rotatable bonds is 2. The molecule has 1 aromatic heterocycles. The number of hydrogen-bond donors (Lipinski definition) is 0. The van der Waals surface area contributed by atoms with Gasteiger partial charge in [-0.1, -0.05) is 11.6 Å². The normalized spacial score (nSPS) is 16.6. The van der Waals surface area contributed by atoms with Crippen LogP contribution >= 0.6 is 11.6 Å². The minimum atomic E-state index is 0.316. The fourth-order valence-electron chi connectivity index (χ4n) is 3.39. The van der Waals surface area contributed by atoms with E-state index in [1.165, 1.54) is 36.8 Å². The van der Waals surface area contributed by atoms with Gasteiger partial charge in [-0.3, -0.25) is 0 Å². The second-order valence-corrected chi connectivity index (χ2v) is 6.48. The van der Waals surface area contributed by atoms with Gasteiger partial charge in [0.1, 0.15) is 5.75 Å². The molecule has 4 rings (SSSR count). The van der Waals surface area contributed by atoms with Gasteiger partial charge in [0, 0.05) is 22.2 Å². The van der Waals surface area contributed by atoms with Crippen LogP contribution in [-0.2, 0) is 30.7 Å². The molecular formula is C18H19ClNO2+. The lowest BCUT2D eigenvalue weighted by Crippen LogP contribution is -2.35. The molecule has 0 atom stereocenters. The van der Waals surface area contributed by atoms with Crippen molar-refractivity contribution in [1.29, 1.82) is 0 Å². The Hall–Kier alpha value is -1.58. The molecule has 0 radical (unpaired) electrons. The summed E-state index contributed by atoms with van der Waals surface area (Å²) in [5.74, 6) is 0.931. The van der Waals surface area contributed by atoms with Crippen molar-refractivity contribution in [2.45, 2.75) is 38.8 Å². The first-order chi connectivity index (χ1) is 10.8. The van der Waals surface area contributed by atoms with Crippen LogP contribution < -0.4 is 9.30 Å². The summed E-state index contributed by atoms with van der Waals surface area (Å²) in [5, 5.41) is 0.737. The summed E-state index contributed by atoms with van der Waals surface area (Å²) in [4.78, 5) is 0. The van der Waals surface area contributed by atoms with Gasteiger partial charge in [-0.25, -0.2) is 4.57 Å². The van der Waals surface area contributed by atoms with Crippen molar-refractivity contribution in [3.05, 3.63) is 57.9 Å². The Morgan fingerprint density at radius 2 is 1.95 bits per heavy atom. The number of aryl methyl sites for hydroxylation is 2. The highest BCUT2D eigenvalue weighted by Crippen LogP contribution is 2.31. The first-order valence-corrected chi connectivity index (χ1v) is 8.20. The zero-order valence-electron chi connectivity index (χ0n) is 12.5. The van der Waals surface area contributed by atoms with Gasteiger partial charge in [0.25, 0.3) is 0 Å².